The topological polar surface area (TPSA) is 92.4 Å². The van der Waals surface area contributed by atoms with Gasteiger partial charge < -0.3 is 10.8 Å². The number of halogens is 2. The maximum atomic E-state index is 13.7. The molecule has 0 spiro atoms. The van der Waals surface area contributed by atoms with Crippen molar-refractivity contribution in [1.29, 1.82) is 0 Å². The molecule has 0 aliphatic carbocycles. The van der Waals surface area contributed by atoms with Gasteiger partial charge in [-0.05, 0) is 25.5 Å². The van der Waals surface area contributed by atoms with Crippen LogP contribution in [0.1, 0.15) is 13.3 Å². The van der Waals surface area contributed by atoms with Gasteiger partial charge in [0.2, 0.25) is 10.0 Å². The summed E-state index contributed by atoms with van der Waals surface area (Å²) in [6, 6.07) is 1.59. The number of benzene rings is 1. The predicted octanol–water partition coefficient (Wildman–Crippen LogP) is 1.11. The first-order valence-corrected chi connectivity index (χ1v) is 7.01. The van der Waals surface area contributed by atoms with Crippen molar-refractivity contribution in [1.82, 2.24) is 4.72 Å². The van der Waals surface area contributed by atoms with Crippen LogP contribution in [0, 0.1) is 5.82 Å². The number of rotatable bonds is 5. The fourth-order valence-electron chi connectivity index (χ4n) is 1.36. The van der Waals surface area contributed by atoms with E-state index in [-0.39, 0.29) is 23.7 Å². The number of nitrogens with one attached hydrogen (secondary N) is 1. The molecule has 1 rings (SSSR count). The molecule has 0 saturated heterocycles. The molecule has 102 valence electrons. The molecule has 1 unspecified atom stereocenters. The zero-order chi connectivity index (χ0) is 13.9. The van der Waals surface area contributed by atoms with E-state index in [1.807, 2.05) is 0 Å². The van der Waals surface area contributed by atoms with Crippen LogP contribution < -0.4 is 10.5 Å². The van der Waals surface area contributed by atoms with E-state index in [0.717, 1.165) is 12.1 Å². The van der Waals surface area contributed by atoms with E-state index in [9.17, 15) is 12.8 Å². The minimum absolute atomic E-state index is 0.0316. The zero-order valence-corrected chi connectivity index (χ0v) is 11.2. The van der Waals surface area contributed by atoms with Crippen molar-refractivity contribution in [3.8, 4) is 0 Å². The van der Waals surface area contributed by atoms with Crippen molar-refractivity contribution < 1.29 is 17.9 Å². The number of nitrogen functional groups attached to an aromatic ring is 1. The van der Waals surface area contributed by atoms with Crippen LogP contribution >= 0.6 is 11.6 Å². The summed E-state index contributed by atoms with van der Waals surface area (Å²) in [7, 11) is -4.06. The van der Waals surface area contributed by atoms with Crippen LogP contribution in [0.5, 0.6) is 0 Å². The molecule has 0 amide bonds. The van der Waals surface area contributed by atoms with Gasteiger partial charge in [0.25, 0.3) is 0 Å². The van der Waals surface area contributed by atoms with Gasteiger partial charge in [-0.2, -0.15) is 0 Å². The van der Waals surface area contributed by atoms with Crippen LogP contribution in [0.3, 0.4) is 0 Å². The van der Waals surface area contributed by atoms with Crippen LogP contribution in [0.15, 0.2) is 17.0 Å². The fraction of sp³-hybridized carbons (Fsp3) is 0.400. The molecule has 0 heterocycles. The minimum atomic E-state index is -4.06. The number of aliphatic hydroxyl groups is 1. The van der Waals surface area contributed by atoms with Gasteiger partial charge in [-0.25, -0.2) is 17.5 Å². The summed E-state index contributed by atoms with van der Waals surface area (Å²) < 4.78 is 39.7. The van der Waals surface area contributed by atoms with Gasteiger partial charge >= 0.3 is 0 Å². The zero-order valence-electron chi connectivity index (χ0n) is 9.65. The average Bonchev–Trinajstić information content (AvgIpc) is 2.22. The molecule has 0 bridgehead atoms. The van der Waals surface area contributed by atoms with Gasteiger partial charge in [0.15, 0.2) is 5.82 Å². The second-order valence-electron chi connectivity index (χ2n) is 3.84. The first-order valence-electron chi connectivity index (χ1n) is 5.15. The highest BCUT2D eigenvalue weighted by atomic mass is 35.5. The van der Waals surface area contributed by atoms with Gasteiger partial charge in [-0.3, -0.25) is 0 Å². The van der Waals surface area contributed by atoms with Crippen molar-refractivity contribution in [2.75, 3.05) is 12.3 Å². The summed E-state index contributed by atoms with van der Waals surface area (Å²) in [6.07, 6.45) is 0.219. The molecule has 0 aliphatic heterocycles. The van der Waals surface area contributed by atoms with Crippen molar-refractivity contribution in [2.24, 2.45) is 0 Å². The van der Waals surface area contributed by atoms with Crippen molar-refractivity contribution in [3.63, 3.8) is 0 Å². The Labute approximate surface area is 110 Å². The van der Waals surface area contributed by atoms with Crippen molar-refractivity contribution in [3.05, 3.63) is 23.0 Å². The van der Waals surface area contributed by atoms with E-state index in [1.165, 1.54) is 0 Å². The van der Waals surface area contributed by atoms with E-state index >= 15 is 0 Å². The number of anilines is 1. The lowest BCUT2D eigenvalue weighted by Gasteiger charge is -2.14. The highest BCUT2D eigenvalue weighted by molar-refractivity contribution is 7.89. The maximum Gasteiger partial charge on any atom is 0.243 e. The Morgan fingerprint density at radius 2 is 2.17 bits per heavy atom. The molecule has 1 aromatic rings. The Hall–Kier alpha value is -0.890. The molecule has 0 radical (unpaired) electrons. The first kappa shape index (κ1) is 15.2. The Morgan fingerprint density at radius 3 is 2.72 bits per heavy atom. The van der Waals surface area contributed by atoms with Crippen LogP contribution in [0.2, 0.25) is 5.02 Å². The van der Waals surface area contributed by atoms with Gasteiger partial charge in [0.1, 0.15) is 4.90 Å². The lowest BCUT2D eigenvalue weighted by molar-refractivity contribution is 0.275. The molecule has 0 fully saturated rings. The number of aliphatic hydroxyl groups excluding tert-OH is 1. The lowest BCUT2D eigenvalue weighted by atomic mass is 10.3. The van der Waals surface area contributed by atoms with Gasteiger partial charge in [0.05, 0.1) is 5.69 Å². The third kappa shape index (κ3) is 3.55. The third-order valence-electron chi connectivity index (χ3n) is 2.24. The molecule has 0 aromatic heterocycles. The Balaban J connectivity index is 3.13. The van der Waals surface area contributed by atoms with Crippen LogP contribution in [0.25, 0.3) is 0 Å². The van der Waals surface area contributed by atoms with E-state index in [4.69, 9.17) is 22.4 Å². The van der Waals surface area contributed by atoms with Gasteiger partial charge in [0, 0.05) is 17.7 Å². The van der Waals surface area contributed by atoms with Crippen molar-refractivity contribution in [2.45, 2.75) is 24.3 Å². The standard InChI is InChI=1S/C10H14ClFN2O3S/c1-6(2-3-15)14-18(16,17)9-5-7(11)4-8(13)10(9)12/h4-6,14-15H,2-3,13H2,1H3. The fourth-order valence-corrected chi connectivity index (χ4v) is 3.06. The van der Waals surface area contributed by atoms with Crippen LogP contribution in [-0.2, 0) is 10.0 Å². The van der Waals surface area contributed by atoms with E-state index in [1.54, 1.807) is 6.92 Å². The molecule has 5 nitrogen and oxygen atoms in total. The van der Waals surface area contributed by atoms with Gasteiger partial charge in [-0.15, -0.1) is 0 Å². The lowest BCUT2D eigenvalue weighted by Crippen LogP contribution is -2.33. The Bertz CT molecular complexity index is 536. The molecule has 1 atom stereocenters. The average molecular weight is 297 g/mol. The maximum absolute atomic E-state index is 13.7. The third-order valence-corrected chi connectivity index (χ3v) is 4.05. The summed E-state index contributed by atoms with van der Waals surface area (Å²) in [5, 5.41) is 8.73. The minimum Gasteiger partial charge on any atom is -0.396 e. The normalized spacial score (nSPS) is 13.6. The quantitative estimate of drug-likeness (QED) is 0.710. The molecule has 1 aromatic carbocycles. The molecular formula is C10H14ClFN2O3S. The number of hydrogen-bond donors (Lipinski definition) is 3. The Kier molecular flexibility index (Phi) is 4.92. The van der Waals surface area contributed by atoms with Crippen LogP contribution in [0.4, 0.5) is 10.1 Å². The second kappa shape index (κ2) is 5.83. The van der Waals surface area contributed by atoms with E-state index < -0.39 is 26.8 Å². The van der Waals surface area contributed by atoms with E-state index in [0.29, 0.717) is 0 Å². The molecule has 8 heteroatoms. The first-order chi connectivity index (χ1) is 8.27. The molecule has 0 aliphatic rings. The number of hydrogen-bond acceptors (Lipinski definition) is 4. The summed E-state index contributed by atoms with van der Waals surface area (Å²) in [5.41, 5.74) is 4.98. The highest BCUT2D eigenvalue weighted by Crippen LogP contribution is 2.25. The molecular weight excluding hydrogens is 283 g/mol. The molecule has 18 heavy (non-hydrogen) atoms. The van der Waals surface area contributed by atoms with Crippen LogP contribution in [-0.4, -0.2) is 26.2 Å². The predicted molar refractivity (Wildman–Crippen MR) is 67.3 cm³/mol. The number of sulfonamides is 1. The summed E-state index contributed by atoms with van der Waals surface area (Å²) in [4.78, 5) is -0.600. The van der Waals surface area contributed by atoms with Crippen molar-refractivity contribution >= 4 is 27.3 Å². The van der Waals surface area contributed by atoms with E-state index in [2.05, 4.69) is 4.72 Å². The monoisotopic (exact) mass is 296 g/mol. The Morgan fingerprint density at radius 1 is 1.56 bits per heavy atom. The highest BCUT2D eigenvalue weighted by Gasteiger charge is 2.23. The summed E-state index contributed by atoms with van der Waals surface area (Å²) in [5.74, 6) is -1.04. The summed E-state index contributed by atoms with van der Waals surface area (Å²) in [6.45, 7) is 1.38. The second-order valence-corrected chi connectivity index (χ2v) is 5.96. The number of nitrogens with two attached hydrogens (primary N) is 1. The largest absolute Gasteiger partial charge is 0.396 e. The smallest absolute Gasteiger partial charge is 0.243 e. The summed E-state index contributed by atoms with van der Waals surface area (Å²) >= 11 is 5.65. The molecule has 4 N–H and O–H groups in total. The molecule has 0 saturated carbocycles. The SMILES string of the molecule is CC(CCO)NS(=O)(=O)c1cc(Cl)cc(N)c1F. The van der Waals surface area contributed by atoms with Gasteiger partial charge in [-0.1, -0.05) is 11.6 Å².